The topological polar surface area (TPSA) is 97.6 Å². The van der Waals surface area contributed by atoms with E-state index in [4.69, 9.17) is 4.74 Å². The molecule has 2 N–H and O–H groups in total. The van der Waals surface area contributed by atoms with Gasteiger partial charge in [-0.3, -0.25) is 14.4 Å². The summed E-state index contributed by atoms with van der Waals surface area (Å²) in [5.74, 6) is -1.85. The lowest BCUT2D eigenvalue weighted by molar-refractivity contribution is -0.156. The van der Waals surface area contributed by atoms with Crippen LogP contribution in [0.2, 0.25) is 0 Å². The van der Waals surface area contributed by atoms with Crippen LogP contribution in [0.15, 0.2) is 84.9 Å². The number of aliphatic hydroxyl groups excluding tert-OH is 1. The van der Waals surface area contributed by atoms with Gasteiger partial charge in [0, 0.05) is 29.9 Å². The Morgan fingerprint density at radius 2 is 1.53 bits per heavy atom. The van der Waals surface area contributed by atoms with Gasteiger partial charge in [-0.2, -0.15) is 0 Å². The molecule has 4 aromatic rings. The number of ketones is 1. The highest BCUT2D eigenvalue weighted by molar-refractivity contribution is 6.12. The van der Waals surface area contributed by atoms with E-state index in [9.17, 15) is 23.9 Å². The van der Waals surface area contributed by atoms with Crippen LogP contribution in [0.25, 0.3) is 22.4 Å². The van der Waals surface area contributed by atoms with Crippen LogP contribution in [-0.4, -0.2) is 39.0 Å². The number of para-hydroxylation sites is 1. The van der Waals surface area contributed by atoms with E-state index in [0.29, 0.717) is 28.1 Å². The Morgan fingerprint density at radius 3 is 2.11 bits per heavy atom. The minimum Gasteiger partial charge on any atom is -0.460 e. The summed E-state index contributed by atoms with van der Waals surface area (Å²) in [5.41, 5.74) is 4.06. The van der Waals surface area contributed by atoms with Crippen LogP contribution >= 0.6 is 0 Å². The molecule has 1 atom stereocenters. The molecule has 7 nitrogen and oxygen atoms in total. The van der Waals surface area contributed by atoms with Crippen LogP contribution in [0.3, 0.4) is 0 Å². The molecule has 45 heavy (non-hydrogen) atoms. The fourth-order valence-electron chi connectivity index (χ4n) is 5.46. The summed E-state index contributed by atoms with van der Waals surface area (Å²) in [6.07, 6.45) is -1.49. The van der Waals surface area contributed by atoms with E-state index >= 15 is 0 Å². The fraction of sp³-hybridized carbons (Fsp3) is 0.324. The summed E-state index contributed by atoms with van der Waals surface area (Å²) >= 11 is 0. The molecule has 0 aliphatic carbocycles. The van der Waals surface area contributed by atoms with Gasteiger partial charge in [0.15, 0.2) is 0 Å². The lowest BCUT2D eigenvalue weighted by atomic mass is 9.94. The highest BCUT2D eigenvalue weighted by Crippen LogP contribution is 2.42. The molecular weight excluding hydrogens is 573 g/mol. The average Bonchev–Trinajstić information content (AvgIpc) is 3.32. The number of carbonyl (C=O) groups excluding carboxylic acids is 3. The van der Waals surface area contributed by atoms with Gasteiger partial charge < -0.3 is 19.7 Å². The molecule has 4 rings (SSSR count). The van der Waals surface area contributed by atoms with Crippen molar-refractivity contribution in [2.45, 2.75) is 78.0 Å². The first kappa shape index (κ1) is 33.3. The first-order valence-electron chi connectivity index (χ1n) is 15.2. The molecule has 0 aliphatic heterocycles. The van der Waals surface area contributed by atoms with E-state index < -0.39 is 29.9 Å². The van der Waals surface area contributed by atoms with Crippen molar-refractivity contribution in [1.29, 1.82) is 0 Å². The fourth-order valence-corrected chi connectivity index (χ4v) is 5.46. The molecule has 0 aliphatic rings. The zero-order chi connectivity index (χ0) is 32.7. The summed E-state index contributed by atoms with van der Waals surface area (Å²) in [7, 11) is 0. The number of aromatic nitrogens is 1. The molecule has 1 heterocycles. The number of ether oxygens (including phenoxy) is 1. The summed E-state index contributed by atoms with van der Waals surface area (Å²) in [6.45, 7) is 9.43. The molecule has 0 radical (unpaired) electrons. The second-order valence-electron chi connectivity index (χ2n) is 12.4. The van der Waals surface area contributed by atoms with E-state index in [1.807, 2.05) is 79.1 Å². The molecule has 0 saturated carbocycles. The van der Waals surface area contributed by atoms with Gasteiger partial charge in [-0.05, 0) is 80.6 Å². The standard InChI is InChI=1S/C37H41FN2O5/c1-24(2)34-33(36(44)39-28-14-10-7-11-15-28)32(25-12-8-6-9-13-25)35(26-16-18-27(38)19-17-26)40(34)21-20-29(41)22-30(42)23-31(43)45-37(3,4)5/h6-19,24,29,41H,20-23H2,1-5H3,(H,39,44)/t29-/m1/s1/i30+2. The monoisotopic (exact) mass is 614 g/mol. The van der Waals surface area contributed by atoms with Gasteiger partial charge in [-0.25, -0.2) is 4.39 Å². The number of rotatable bonds is 12. The van der Waals surface area contributed by atoms with E-state index in [1.54, 1.807) is 32.9 Å². The number of halogens is 1. The maximum atomic E-state index is 14.1. The summed E-state index contributed by atoms with van der Waals surface area (Å²) in [6, 6.07) is 24.9. The SMILES string of the molecule is CC(C)c1c(C(=O)Nc2ccccc2)c(-c2ccccc2)c(-c2ccc(F)cc2)n1CC[C@@H](O)C[14C](=O)CC(=O)OC(C)(C)C. The zero-order valence-electron chi connectivity index (χ0n) is 26.5. The van der Waals surface area contributed by atoms with Crippen LogP contribution in [0.5, 0.6) is 0 Å². The van der Waals surface area contributed by atoms with Crippen LogP contribution < -0.4 is 5.32 Å². The van der Waals surface area contributed by atoms with Gasteiger partial charge in [-0.15, -0.1) is 0 Å². The molecule has 8 heteroatoms. The second-order valence-corrected chi connectivity index (χ2v) is 12.4. The van der Waals surface area contributed by atoms with E-state index in [-0.39, 0.29) is 37.0 Å². The molecule has 0 fully saturated rings. The van der Waals surface area contributed by atoms with Gasteiger partial charge in [0.25, 0.3) is 5.91 Å². The third kappa shape index (κ3) is 8.76. The molecule has 0 bridgehead atoms. The Balaban J connectivity index is 1.78. The van der Waals surface area contributed by atoms with Crippen molar-refractivity contribution in [2.75, 3.05) is 5.32 Å². The van der Waals surface area contributed by atoms with Crippen LogP contribution in [0, 0.1) is 5.82 Å². The highest BCUT2D eigenvalue weighted by Gasteiger charge is 2.31. The minimum atomic E-state index is -1.04. The third-order valence-corrected chi connectivity index (χ3v) is 7.20. The molecule has 3 aromatic carbocycles. The number of esters is 1. The predicted molar refractivity (Wildman–Crippen MR) is 174 cm³/mol. The number of Topliss-reactive ketones (excluding diaryl/α,β-unsaturated/α-hetero) is 1. The number of hydrogen-bond acceptors (Lipinski definition) is 5. The van der Waals surface area contributed by atoms with Crippen molar-refractivity contribution in [2.24, 2.45) is 0 Å². The molecule has 236 valence electrons. The second kappa shape index (κ2) is 14.5. The minimum absolute atomic E-state index is 0.121. The van der Waals surface area contributed by atoms with E-state index in [1.165, 1.54) is 12.1 Å². The largest absolute Gasteiger partial charge is 0.460 e. The van der Waals surface area contributed by atoms with Crippen molar-refractivity contribution < 1.29 is 28.6 Å². The first-order valence-corrected chi connectivity index (χ1v) is 15.2. The summed E-state index contributed by atoms with van der Waals surface area (Å²) in [5, 5.41) is 14.0. The number of benzene rings is 3. The first-order chi connectivity index (χ1) is 21.3. The number of amides is 1. The Morgan fingerprint density at radius 1 is 0.933 bits per heavy atom. The molecule has 0 unspecified atom stereocenters. The predicted octanol–water partition coefficient (Wildman–Crippen LogP) is 7.78. The Labute approximate surface area is 264 Å². The number of anilines is 1. The maximum absolute atomic E-state index is 14.1. The van der Waals surface area contributed by atoms with Crippen LogP contribution in [0.4, 0.5) is 10.1 Å². The van der Waals surface area contributed by atoms with Crippen molar-refractivity contribution in [3.63, 3.8) is 0 Å². The highest BCUT2D eigenvalue weighted by atomic mass is 19.1. The number of nitrogens with zero attached hydrogens (tertiary/aromatic N) is 1. The molecule has 1 aromatic heterocycles. The van der Waals surface area contributed by atoms with Gasteiger partial charge >= 0.3 is 5.97 Å². The van der Waals surface area contributed by atoms with E-state index in [0.717, 1.165) is 11.3 Å². The van der Waals surface area contributed by atoms with Crippen LogP contribution in [-0.2, 0) is 20.9 Å². The zero-order valence-corrected chi connectivity index (χ0v) is 26.5. The van der Waals surface area contributed by atoms with Gasteiger partial charge in [0.2, 0.25) is 0 Å². The van der Waals surface area contributed by atoms with Crippen molar-refractivity contribution >= 4 is 23.3 Å². The molecule has 0 saturated heterocycles. The smallest absolute Gasteiger partial charge is 0.313 e. The molecule has 0 spiro atoms. The number of hydrogen-bond donors (Lipinski definition) is 2. The lowest BCUT2D eigenvalue weighted by Crippen LogP contribution is -2.26. The number of aliphatic hydroxyl groups is 1. The third-order valence-electron chi connectivity index (χ3n) is 7.20. The summed E-state index contributed by atoms with van der Waals surface area (Å²) in [4.78, 5) is 38.9. The van der Waals surface area contributed by atoms with Crippen molar-refractivity contribution in [3.8, 4) is 22.4 Å². The Hall–Kier alpha value is -4.56. The van der Waals surface area contributed by atoms with E-state index in [2.05, 4.69) is 5.32 Å². The average molecular weight is 615 g/mol. The lowest BCUT2D eigenvalue weighted by Gasteiger charge is -2.20. The normalized spacial score (nSPS) is 12.2. The molecule has 1 amide bonds. The quantitative estimate of drug-likeness (QED) is 0.125. The van der Waals surface area contributed by atoms with Crippen LogP contribution in [0.1, 0.15) is 75.9 Å². The number of carbonyl (C=O) groups is 3. The maximum Gasteiger partial charge on any atom is 0.313 e. The van der Waals surface area contributed by atoms with Crippen molar-refractivity contribution in [3.05, 3.63) is 102 Å². The Bertz CT molecular complexity index is 1620. The van der Waals surface area contributed by atoms with Gasteiger partial charge in [0.05, 0.1) is 17.4 Å². The number of nitrogens with one attached hydrogen (secondary N) is 1. The Kier molecular flexibility index (Phi) is 10.7. The van der Waals surface area contributed by atoms with Gasteiger partial charge in [-0.1, -0.05) is 62.4 Å². The van der Waals surface area contributed by atoms with Gasteiger partial charge in [0.1, 0.15) is 23.6 Å². The summed E-state index contributed by atoms with van der Waals surface area (Å²) < 4.78 is 21.3. The molecular formula is C37H41FN2O5. The van der Waals surface area contributed by atoms with Crippen molar-refractivity contribution in [1.82, 2.24) is 4.57 Å².